The molecule has 0 unspecified atom stereocenters. The Hall–Kier alpha value is -16.4. The van der Waals surface area contributed by atoms with Crippen LogP contribution in [0.2, 0.25) is 0 Å². The van der Waals surface area contributed by atoms with E-state index in [9.17, 15) is 0 Å². The summed E-state index contributed by atoms with van der Waals surface area (Å²) in [5.41, 5.74) is 20.0. The maximum absolute atomic E-state index is 2.36. The SMILES string of the molecule is c1cc2ccc3ccc4ccc5ccc6ccc1c1c2c3c4c5c61.c1cc2ccc3ccc4ccc5cccc6c(c1)c2c3c4c56.c1cc2cccc3c4cccc5cccc(c(c1)c23)c54.c1ccc(Cc2ccccc2)cc1.c1ccc2c(c1)Cc1cc3ccccc3cc1-2.c1ccc2c(c1)Cc1ccccc1-2.c1ccc2cc3c(cc2c1)Cc1cc2ccccc2cc1-3. The lowest BCUT2D eigenvalue weighted by atomic mass is 9.83. The summed E-state index contributed by atoms with van der Waals surface area (Å²) < 4.78 is 0. The van der Waals surface area contributed by atoms with Crippen molar-refractivity contribution in [2.45, 2.75) is 25.7 Å². The van der Waals surface area contributed by atoms with Crippen LogP contribution in [0.4, 0.5) is 0 Å². The van der Waals surface area contributed by atoms with Gasteiger partial charge in [-0.25, -0.2) is 0 Å². The van der Waals surface area contributed by atoms with Crippen LogP contribution in [0.5, 0.6) is 0 Å². The van der Waals surface area contributed by atoms with Crippen LogP contribution in [0.1, 0.15) is 44.5 Å². The van der Waals surface area contributed by atoms with Gasteiger partial charge in [-0.2, -0.15) is 0 Å². The van der Waals surface area contributed by atoms with E-state index in [0.29, 0.717) is 0 Å². The predicted octanol–water partition coefficient (Wildman–Crippen LogP) is 35.5. The molecule has 3 aliphatic rings. The third kappa shape index (κ3) is 12.5. The minimum Gasteiger partial charge on any atom is -0.0622 e. The fourth-order valence-electron chi connectivity index (χ4n) is 22.6. The highest BCUT2D eigenvalue weighted by Gasteiger charge is 2.25. The molecular formula is C130H84. The Labute approximate surface area is 753 Å². The van der Waals surface area contributed by atoms with Crippen molar-refractivity contribution in [1.82, 2.24) is 0 Å². The van der Waals surface area contributed by atoms with Crippen molar-refractivity contribution in [2.24, 2.45) is 0 Å². The van der Waals surface area contributed by atoms with Gasteiger partial charge in [0.1, 0.15) is 0 Å². The van der Waals surface area contributed by atoms with Gasteiger partial charge in [0, 0.05) is 0 Å². The van der Waals surface area contributed by atoms with Crippen molar-refractivity contribution in [3.8, 4) is 33.4 Å². The largest absolute Gasteiger partial charge is 0.0622 e. The Balaban J connectivity index is 0.0000000807. The van der Waals surface area contributed by atoms with Gasteiger partial charge in [-0.1, -0.05) is 443 Å². The van der Waals surface area contributed by atoms with Crippen LogP contribution >= 0.6 is 0 Å². The molecule has 0 N–H and O–H groups in total. The second kappa shape index (κ2) is 30.7. The van der Waals surface area contributed by atoms with Gasteiger partial charge in [0.2, 0.25) is 0 Å². The standard InChI is InChI=1S/C24H12.C22H12.C21H14.C20H12.C17H12.C13H10.C13H12/c1-2-14-5-6-16-9-11-18-12-10-17-8-7-15-4-3-13(1)19-20(14)22(16)24(18)23(17)21(15)19;1-3-13-7-9-15-11-12-16-10-8-14-4-2-6-18-17(5-1)19(13)21(15)22(16)20(14)18;1-3-7-16-12-20-18(9-14(16)5-1)11-19-10-15-6-2-4-8-17(15)13-21(19)20;1-5-13-6-2-11-17-18-12-4-8-14-7-3-10-16(20(14)18)15(9-1)19(13)17;1-2-6-13-11-17-15(9-12(13)5-1)10-14-7-3-4-8-16(14)17;1-3-7-12-10(5-1)9-11-6-2-4-8-13(11)12;1-3-7-12(8-4-1)11-13-9-5-2-6-10-13/h1-12H;1-12H;1-10,12-13H,11H2;1-12H;1-9,11H,10H2;1-8H,9H2;1-10H,11H2. The number of rotatable bonds is 2. The van der Waals surface area contributed by atoms with Gasteiger partial charge in [0.25, 0.3) is 0 Å². The molecule has 0 amide bonds. The molecule has 29 aromatic rings. The molecule has 0 saturated heterocycles. The zero-order valence-corrected chi connectivity index (χ0v) is 71.7. The van der Waals surface area contributed by atoms with Crippen LogP contribution in [0.15, 0.2) is 461 Å². The van der Waals surface area contributed by atoms with E-state index < -0.39 is 0 Å². The van der Waals surface area contributed by atoms with Crippen LogP contribution in [0, 0.1) is 0 Å². The van der Waals surface area contributed by atoms with E-state index >= 15 is 0 Å². The van der Waals surface area contributed by atoms with E-state index in [1.165, 1.54) is 272 Å². The lowest BCUT2D eigenvalue weighted by Gasteiger charge is -2.20. The van der Waals surface area contributed by atoms with E-state index in [1.54, 1.807) is 0 Å². The zero-order chi connectivity index (χ0) is 85.4. The van der Waals surface area contributed by atoms with E-state index in [1.807, 2.05) is 0 Å². The molecule has 0 aromatic heterocycles. The first kappa shape index (κ1) is 75.0. The van der Waals surface area contributed by atoms with Crippen molar-refractivity contribution in [1.29, 1.82) is 0 Å². The second-order valence-corrected chi connectivity index (χ2v) is 35.8. The van der Waals surface area contributed by atoms with E-state index in [-0.39, 0.29) is 0 Å². The summed E-state index contributed by atoms with van der Waals surface area (Å²) >= 11 is 0. The van der Waals surface area contributed by atoms with Crippen LogP contribution in [0.25, 0.3) is 227 Å². The molecule has 0 heteroatoms. The molecule has 0 nitrogen and oxygen atoms in total. The van der Waals surface area contributed by atoms with Crippen molar-refractivity contribution >= 4 is 194 Å². The maximum Gasteiger partial charge on any atom is -0.00130 e. The molecule has 0 radical (unpaired) electrons. The van der Waals surface area contributed by atoms with E-state index in [2.05, 4.69) is 461 Å². The lowest BCUT2D eigenvalue weighted by Crippen LogP contribution is -1.91. The Bertz CT molecular complexity index is 8580. The highest BCUT2D eigenvalue weighted by Crippen LogP contribution is 2.51. The molecule has 3 aliphatic carbocycles. The van der Waals surface area contributed by atoms with Crippen molar-refractivity contribution in [2.75, 3.05) is 0 Å². The molecule has 0 saturated carbocycles. The maximum atomic E-state index is 2.36. The summed E-state index contributed by atoms with van der Waals surface area (Å²) in [4.78, 5) is 0. The second-order valence-electron chi connectivity index (χ2n) is 35.8. The van der Waals surface area contributed by atoms with Crippen LogP contribution < -0.4 is 0 Å². The molecule has 0 heterocycles. The normalized spacial score (nSPS) is 12.2. The fraction of sp³-hybridized carbons (Fsp3) is 0.0308. The molecular weight excluding hydrogens is 1560 g/mol. The van der Waals surface area contributed by atoms with E-state index in [4.69, 9.17) is 0 Å². The molecule has 0 spiro atoms. The van der Waals surface area contributed by atoms with Gasteiger partial charge in [0.05, 0.1) is 0 Å². The van der Waals surface area contributed by atoms with Gasteiger partial charge >= 0.3 is 0 Å². The summed E-state index contributed by atoms with van der Waals surface area (Å²) in [6.45, 7) is 0. The average molecular weight is 1650 g/mol. The van der Waals surface area contributed by atoms with Crippen molar-refractivity contribution < 1.29 is 0 Å². The first-order chi connectivity index (χ1) is 64.4. The monoisotopic (exact) mass is 1640 g/mol. The molecule has 0 bridgehead atoms. The summed E-state index contributed by atoms with van der Waals surface area (Å²) in [6.07, 6.45) is 4.27. The van der Waals surface area contributed by atoms with Gasteiger partial charge in [-0.05, 0) is 316 Å². The topological polar surface area (TPSA) is 0 Å². The summed E-state index contributed by atoms with van der Waals surface area (Å²) in [6, 6.07) is 168. The van der Waals surface area contributed by atoms with Crippen molar-refractivity contribution in [3.05, 3.63) is 506 Å². The lowest BCUT2D eigenvalue weighted by molar-refractivity contribution is 1.19. The van der Waals surface area contributed by atoms with Gasteiger partial charge in [-0.3, -0.25) is 0 Å². The Morgan fingerprint density at radius 2 is 0.300 bits per heavy atom. The number of hydrogen-bond acceptors (Lipinski definition) is 0. The number of benzene rings is 29. The first-order valence-electron chi connectivity index (χ1n) is 45.7. The molecule has 0 atom stereocenters. The first-order valence-corrected chi connectivity index (χ1v) is 45.7. The van der Waals surface area contributed by atoms with E-state index in [0.717, 1.165) is 25.7 Å². The van der Waals surface area contributed by atoms with Gasteiger partial charge < -0.3 is 0 Å². The molecule has 604 valence electrons. The predicted molar refractivity (Wildman–Crippen MR) is 561 cm³/mol. The highest BCUT2D eigenvalue weighted by atomic mass is 14.3. The molecule has 29 aromatic carbocycles. The number of fused-ring (bicyclic) bond motifs is 15. The minimum atomic E-state index is 1.03. The third-order valence-electron chi connectivity index (χ3n) is 28.5. The molecule has 130 heavy (non-hydrogen) atoms. The summed E-state index contributed by atoms with van der Waals surface area (Å²) in [5, 5.41) is 49.4. The summed E-state index contributed by atoms with van der Waals surface area (Å²) in [7, 11) is 0. The Kier molecular flexibility index (Phi) is 17.7. The zero-order valence-electron chi connectivity index (χ0n) is 71.7. The molecule has 0 fully saturated rings. The van der Waals surface area contributed by atoms with Crippen LogP contribution in [0.3, 0.4) is 0 Å². The van der Waals surface area contributed by atoms with Gasteiger partial charge in [0.15, 0.2) is 0 Å². The Morgan fingerprint density at radius 3 is 0.585 bits per heavy atom. The summed E-state index contributed by atoms with van der Waals surface area (Å²) in [5.74, 6) is 0. The molecule has 32 rings (SSSR count). The van der Waals surface area contributed by atoms with Crippen molar-refractivity contribution in [3.63, 3.8) is 0 Å². The third-order valence-corrected chi connectivity index (χ3v) is 28.5. The smallest absolute Gasteiger partial charge is 0.00130 e. The highest BCUT2D eigenvalue weighted by molar-refractivity contribution is 6.45. The average Bonchev–Trinajstić information content (AvgIpc) is 0.694. The Morgan fingerprint density at radius 1 is 0.115 bits per heavy atom. The quantitative estimate of drug-likeness (QED) is 0.120. The minimum absolute atomic E-state index is 1.03. The van der Waals surface area contributed by atoms with Gasteiger partial charge in [-0.15, -0.1) is 0 Å². The fourth-order valence-corrected chi connectivity index (χ4v) is 22.6. The number of hydrogen-bond donors (Lipinski definition) is 0. The molecule has 0 aliphatic heterocycles. The van der Waals surface area contributed by atoms with Crippen LogP contribution in [-0.2, 0) is 25.7 Å². The van der Waals surface area contributed by atoms with Crippen LogP contribution in [-0.4, -0.2) is 0 Å².